The molecule has 0 saturated heterocycles. The van der Waals surface area contributed by atoms with Crippen molar-refractivity contribution in [1.82, 2.24) is 0 Å². The highest BCUT2D eigenvalue weighted by atomic mass is 32.2. The van der Waals surface area contributed by atoms with Gasteiger partial charge in [-0.05, 0) is 29.7 Å². The van der Waals surface area contributed by atoms with Crippen molar-refractivity contribution in [2.45, 2.75) is 31.1 Å². The third kappa shape index (κ3) is 3.52. The third-order valence-corrected chi connectivity index (χ3v) is 5.30. The van der Waals surface area contributed by atoms with Gasteiger partial charge in [0.1, 0.15) is 0 Å². The lowest BCUT2D eigenvalue weighted by Crippen LogP contribution is -2.23. The minimum Gasteiger partial charge on any atom is -0.289 e. The lowest BCUT2D eigenvalue weighted by atomic mass is 9.86. The van der Waals surface area contributed by atoms with Crippen LogP contribution >= 0.6 is 0 Å². The van der Waals surface area contributed by atoms with Crippen LogP contribution in [0.5, 0.6) is 0 Å². The van der Waals surface area contributed by atoms with Crippen LogP contribution in [0, 0.1) is 0 Å². The van der Waals surface area contributed by atoms with E-state index < -0.39 is 15.8 Å². The average Bonchev–Trinajstić information content (AvgIpc) is 2.59. The Morgan fingerprint density at radius 1 is 1.00 bits per heavy atom. The number of sulfonamides is 1. The van der Waals surface area contributed by atoms with Crippen molar-refractivity contribution in [2.24, 2.45) is 5.14 Å². The van der Waals surface area contributed by atoms with Crippen molar-refractivity contribution >= 4 is 21.6 Å². The molecule has 0 amide bonds. The molecular weight excluding hydrogens is 350 g/mol. The molecule has 0 atom stereocenters. The van der Waals surface area contributed by atoms with E-state index in [1.807, 2.05) is 24.3 Å². The summed E-state index contributed by atoms with van der Waals surface area (Å²) in [6, 6.07) is 12.0. The molecule has 0 heterocycles. The van der Waals surface area contributed by atoms with E-state index in [1.165, 1.54) is 29.8 Å². The molecule has 1 aliphatic rings. The molecule has 2 aromatic carbocycles. The van der Waals surface area contributed by atoms with Crippen LogP contribution in [0.4, 0.5) is 0 Å². The third-order valence-electron chi connectivity index (χ3n) is 4.35. The summed E-state index contributed by atoms with van der Waals surface area (Å²) in [5.74, 6) is -0.852. The number of carbonyl (C=O) groups excluding carboxylic acids is 2. The summed E-state index contributed by atoms with van der Waals surface area (Å²) in [7, 11) is -4.09. The van der Waals surface area contributed by atoms with Crippen molar-refractivity contribution in [3.05, 3.63) is 76.4 Å². The smallest absolute Gasteiger partial charge is 0.238 e. The maximum atomic E-state index is 12.8. The maximum Gasteiger partial charge on any atom is 0.238 e. The zero-order chi connectivity index (χ0) is 18.9. The van der Waals surface area contributed by atoms with Gasteiger partial charge in [-0.3, -0.25) is 9.59 Å². The van der Waals surface area contributed by atoms with Crippen molar-refractivity contribution in [1.29, 1.82) is 0 Å². The van der Waals surface area contributed by atoms with E-state index in [0.717, 1.165) is 18.4 Å². The summed E-state index contributed by atoms with van der Waals surface area (Å²) >= 11 is 0. The van der Waals surface area contributed by atoms with Crippen LogP contribution in [0.3, 0.4) is 0 Å². The molecule has 5 nitrogen and oxygen atoms in total. The summed E-state index contributed by atoms with van der Waals surface area (Å²) in [4.78, 5) is 25.0. The van der Waals surface area contributed by atoms with Gasteiger partial charge < -0.3 is 0 Å². The molecule has 6 heteroatoms. The van der Waals surface area contributed by atoms with Crippen LogP contribution in [0.2, 0.25) is 0 Å². The molecule has 0 radical (unpaired) electrons. The number of ketones is 2. The van der Waals surface area contributed by atoms with Crippen LogP contribution in [-0.4, -0.2) is 20.0 Å². The molecule has 0 aliphatic heterocycles. The second-order valence-corrected chi connectivity index (χ2v) is 7.86. The van der Waals surface area contributed by atoms with Gasteiger partial charge >= 0.3 is 0 Å². The number of allylic oxidation sites excluding steroid dienone is 2. The molecule has 0 aromatic heterocycles. The molecule has 2 N–H and O–H groups in total. The fraction of sp³-hybridized carbons (Fsp3) is 0.200. The van der Waals surface area contributed by atoms with E-state index in [4.69, 9.17) is 5.14 Å². The van der Waals surface area contributed by atoms with Gasteiger partial charge in [0.2, 0.25) is 10.0 Å². The number of hydrogen-bond donors (Lipinski definition) is 1. The lowest BCUT2D eigenvalue weighted by Gasteiger charge is -2.17. The van der Waals surface area contributed by atoms with Gasteiger partial charge in [0.15, 0.2) is 11.6 Å². The molecule has 0 spiro atoms. The Morgan fingerprint density at radius 2 is 1.69 bits per heavy atom. The number of nitrogens with two attached hydrogens (primary N) is 1. The normalized spacial score (nSPS) is 14.2. The first kappa shape index (κ1) is 18.2. The molecule has 0 unspecified atom stereocenters. The number of benzene rings is 2. The highest BCUT2D eigenvalue weighted by Crippen LogP contribution is 2.28. The lowest BCUT2D eigenvalue weighted by molar-refractivity contribution is 0.0980. The van der Waals surface area contributed by atoms with Gasteiger partial charge in [-0.1, -0.05) is 49.7 Å². The summed E-state index contributed by atoms with van der Waals surface area (Å²) in [5, 5.41) is 5.18. The van der Waals surface area contributed by atoms with E-state index in [2.05, 4.69) is 6.92 Å². The van der Waals surface area contributed by atoms with E-state index in [-0.39, 0.29) is 21.8 Å². The molecule has 0 bridgehead atoms. The van der Waals surface area contributed by atoms with Crippen LogP contribution in [0.1, 0.15) is 45.2 Å². The molecule has 1 aliphatic carbocycles. The Labute approximate surface area is 152 Å². The highest BCUT2D eigenvalue weighted by molar-refractivity contribution is 7.89. The minimum atomic E-state index is -4.09. The second-order valence-electron chi connectivity index (χ2n) is 6.33. The summed E-state index contributed by atoms with van der Waals surface area (Å²) in [6.07, 6.45) is 3.51. The first-order valence-corrected chi connectivity index (χ1v) is 9.89. The second kappa shape index (κ2) is 6.97. The largest absolute Gasteiger partial charge is 0.289 e. The fourth-order valence-corrected chi connectivity index (χ4v) is 3.98. The van der Waals surface area contributed by atoms with Crippen molar-refractivity contribution in [3.8, 4) is 0 Å². The summed E-state index contributed by atoms with van der Waals surface area (Å²) in [5.41, 5.74) is 2.42. The number of rotatable bonds is 5. The van der Waals surface area contributed by atoms with Gasteiger partial charge in [0.25, 0.3) is 0 Å². The standard InChI is InChI=1S/C20H19NO4S/c1-2-5-13-6-3-7-14(10-13)11-15-12-17(22)19-16(20(15)23)8-4-9-18(19)26(21,24)25/h3-4,6-10,12H,2,5,11H2,1H3,(H2,21,24,25). The molecule has 0 fully saturated rings. The van der Waals surface area contributed by atoms with Crippen LogP contribution in [0.15, 0.2) is 59.0 Å². The minimum absolute atomic E-state index is 0.0868. The van der Waals surface area contributed by atoms with Crippen LogP contribution in [0.25, 0.3) is 0 Å². The number of Topliss-reactive ketones (excluding diaryl/α,β-unsaturated/α-hetero) is 1. The zero-order valence-electron chi connectivity index (χ0n) is 14.4. The van der Waals surface area contributed by atoms with Crippen LogP contribution in [-0.2, 0) is 22.9 Å². The topological polar surface area (TPSA) is 94.3 Å². The predicted molar refractivity (Wildman–Crippen MR) is 98.7 cm³/mol. The quantitative estimate of drug-likeness (QED) is 0.877. The molecule has 0 saturated carbocycles. The van der Waals surface area contributed by atoms with Gasteiger partial charge in [-0.2, -0.15) is 0 Å². The van der Waals surface area contributed by atoms with E-state index in [0.29, 0.717) is 12.0 Å². The average molecular weight is 369 g/mol. The molecular formula is C20H19NO4S. The van der Waals surface area contributed by atoms with Crippen molar-refractivity contribution in [2.75, 3.05) is 0 Å². The van der Waals surface area contributed by atoms with Gasteiger partial charge in [0, 0.05) is 17.6 Å². The Kier molecular flexibility index (Phi) is 4.89. The van der Waals surface area contributed by atoms with Gasteiger partial charge in [-0.15, -0.1) is 0 Å². The summed E-state index contributed by atoms with van der Waals surface area (Å²) < 4.78 is 23.4. The van der Waals surface area contributed by atoms with Crippen molar-refractivity contribution < 1.29 is 18.0 Å². The molecule has 2 aromatic rings. The molecule has 26 heavy (non-hydrogen) atoms. The van der Waals surface area contributed by atoms with E-state index in [1.54, 1.807) is 0 Å². The van der Waals surface area contributed by atoms with Crippen LogP contribution < -0.4 is 5.14 Å². The number of hydrogen-bond acceptors (Lipinski definition) is 4. The Morgan fingerprint density at radius 3 is 2.38 bits per heavy atom. The number of aryl methyl sites for hydroxylation is 1. The summed E-state index contributed by atoms with van der Waals surface area (Å²) in [6.45, 7) is 2.10. The predicted octanol–water partition coefficient (Wildman–Crippen LogP) is 2.83. The first-order valence-electron chi connectivity index (χ1n) is 8.34. The number of primary sulfonamides is 1. The fourth-order valence-electron chi connectivity index (χ4n) is 3.22. The monoisotopic (exact) mass is 369 g/mol. The molecule has 3 rings (SSSR count). The van der Waals surface area contributed by atoms with E-state index in [9.17, 15) is 18.0 Å². The zero-order valence-corrected chi connectivity index (χ0v) is 15.2. The maximum absolute atomic E-state index is 12.8. The Bertz CT molecular complexity index is 1040. The first-order chi connectivity index (χ1) is 12.3. The number of carbonyl (C=O) groups is 2. The highest BCUT2D eigenvalue weighted by Gasteiger charge is 2.30. The SMILES string of the molecule is CCCc1cccc(CC2=CC(=O)c3c(cccc3S(N)(=O)=O)C2=O)c1. The van der Waals surface area contributed by atoms with Gasteiger partial charge in [0.05, 0.1) is 10.5 Å². The Hall–Kier alpha value is -2.57. The number of fused-ring (bicyclic) bond motifs is 1. The van der Waals surface area contributed by atoms with Crippen molar-refractivity contribution in [3.63, 3.8) is 0 Å². The van der Waals surface area contributed by atoms with E-state index >= 15 is 0 Å². The van der Waals surface area contributed by atoms with Gasteiger partial charge in [-0.25, -0.2) is 13.6 Å². The molecule has 134 valence electrons. The Balaban J connectivity index is 1.99.